The van der Waals surface area contributed by atoms with Crippen molar-refractivity contribution in [3.05, 3.63) is 167 Å². The number of nitrogens with zero attached hydrogens (tertiary/aromatic N) is 2. The number of anilines is 2. The molecular formula is C46H63ClN2. The maximum Gasteiger partial charge on any atom is 0.0499 e. The number of hydrogen-bond acceptors (Lipinski definition) is 2. The first-order valence-corrected chi connectivity index (χ1v) is 17.9. The van der Waals surface area contributed by atoms with Gasteiger partial charge in [0.25, 0.3) is 0 Å². The van der Waals surface area contributed by atoms with Gasteiger partial charge in [-0.25, -0.2) is 0 Å². The smallest absolute Gasteiger partial charge is 0.0499 e. The Morgan fingerprint density at radius 1 is 0.816 bits per heavy atom. The van der Waals surface area contributed by atoms with Gasteiger partial charge in [0, 0.05) is 53.2 Å². The lowest BCUT2D eigenvalue weighted by Crippen LogP contribution is -2.25. The lowest BCUT2D eigenvalue weighted by Gasteiger charge is -2.33. The van der Waals surface area contributed by atoms with Crippen molar-refractivity contribution >= 4 is 23.0 Å². The summed E-state index contributed by atoms with van der Waals surface area (Å²) in [7, 11) is 4.23. The van der Waals surface area contributed by atoms with Crippen molar-refractivity contribution in [2.24, 2.45) is 0 Å². The van der Waals surface area contributed by atoms with Crippen LogP contribution in [0, 0.1) is 6.92 Å². The molecule has 2 nitrogen and oxygen atoms in total. The fourth-order valence-electron chi connectivity index (χ4n) is 6.10. The number of rotatable bonds is 13. The Morgan fingerprint density at radius 3 is 1.82 bits per heavy atom. The van der Waals surface area contributed by atoms with Crippen LogP contribution in [0.25, 0.3) is 0 Å². The SMILES string of the molecule is C=C/C=C\C=C.C=CN(C(=C)/C=C\C)c1ccc(C(C)(C)c2cccc(C(C)(C)c3cc(CC)c(N(C)C)c(CC)c3Cl)c2)cc1C.CC. The predicted molar refractivity (Wildman–Crippen MR) is 224 cm³/mol. The molecular weight excluding hydrogens is 616 g/mol. The van der Waals surface area contributed by atoms with Gasteiger partial charge in [-0.05, 0) is 77.8 Å². The van der Waals surface area contributed by atoms with Gasteiger partial charge in [-0.15, -0.1) is 0 Å². The molecule has 0 amide bonds. The van der Waals surface area contributed by atoms with Gasteiger partial charge in [-0.2, -0.15) is 0 Å². The van der Waals surface area contributed by atoms with Crippen molar-refractivity contribution in [3.63, 3.8) is 0 Å². The second kappa shape index (κ2) is 19.9. The van der Waals surface area contributed by atoms with E-state index in [1.165, 1.54) is 44.6 Å². The van der Waals surface area contributed by atoms with Crippen LogP contribution in [-0.2, 0) is 23.7 Å². The number of halogens is 1. The van der Waals surface area contributed by atoms with E-state index in [4.69, 9.17) is 11.6 Å². The maximum atomic E-state index is 7.21. The van der Waals surface area contributed by atoms with E-state index >= 15 is 0 Å². The number of aryl methyl sites for hydroxylation is 2. The predicted octanol–water partition coefficient (Wildman–Crippen LogP) is 13.5. The molecule has 0 N–H and O–H groups in total. The molecule has 0 aliphatic rings. The topological polar surface area (TPSA) is 6.48 Å². The molecule has 3 heteroatoms. The largest absolute Gasteiger partial charge is 0.377 e. The third kappa shape index (κ3) is 10.2. The highest BCUT2D eigenvalue weighted by Gasteiger charge is 2.31. The van der Waals surface area contributed by atoms with Crippen molar-refractivity contribution in [3.8, 4) is 0 Å². The highest BCUT2D eigenvalue weighted by Crippen LogP contribution is 2.44. The monoisotopic (exact) mass is 678 g/mol. The fourth-order valence-corrected chi connectivity index (χ4v) is 6.62. The quantitative estimate of drug-likeness (QED) is 0.166. The van der Waals surface area contributed by atoms with Crippen LogP contribution in [0.4, 0.5) is 11.4 Å². The normalized spacial score (nSPS) is 11.3. The summed E-state index contributed by atoms with van der Waals surface area (Å²) < 4.78 is 0. The van der Waals surface area contributed by atoms with Crippen LogP contribution in [0.5, 0.6) is 0 Å². The average molecular weight is 679 g/mol. The third-order valence-corrected chi connectivity index (χ3v) is 9.42. The Morgan fingerprint density at radius 2 is 1.37 bits per heavy atom. The van der Waals surface area contributed by atoms with E-state index in [1.807, 2.05) is 56.2 Å². The Labute approximate surface area is 305 Å². The molecule has 3 rings (SSSR count). The van der Waals surface area contributed by atoms with Crippen LogP contribution in [0.1, 0.15) is 101 Å². The van der Waals surface area contributed by atoms with Gasteiger partial charge >= 0.3 is 0 Å². The van der Waals surface area contributed by atoms with E-state index in [1.54, 1.807) is 12.2 Å². The van der Waals surface area contributed by atoms with Gasteiger partial charge in [-0.1, -0.05) is 166 Å². The van der Waals surface area contributed by atoms with E-state index in [2.05, 4.69) is 142 Å². The summed E-state index contributed by atoms with van der Waals surface area (Å²) in [6.45, 7) is 37.0. The van der Waals surface area contributed by atoms with Gasteiger partial charge < -0.3 is 9.80 Å². The van der Waals surface area contributed by atoms with Crippen LogP contribution < -0.4 is 9.80 Å². The highest BCUT2D eigenvalue weighted by atomic mass is 35.5. The molecule has 0 atom stereocenters. The van der Waals surface area contributed by atoms with E-state index < -0.39 is 0 Å². The lowest BCUT2D eigenvalue weighted by molar-refractivity contribution is 0.616. The van der Waals surface area contributed by atoms with Crippen molar-refractivity contribution in [1.82, 2.24) is 0 Å². The molecule has 0 heterocycles. The average Bonchev–Trinajstić information content (AvgIpc) is 3.09. The molecule has 0 bridgehead atoms. The molecule has 0 aliphatic heterocycles. The van der Waals surface area contributed by atoms with Gasteiger partial charge in [0.15, 0.2) is 0 Å². The van der Waals surface area contributed by atoms with Crippen LogP contribution >= 0.6 is 11.6 Å². The van der Waals surface area contributed by atoms with Crippen LogP contribution in [0.15, 0.2) is 123 Å². The molecule has 49 heavy (non-hydrogen) atoms. The molecule has 264 valence electrons. The first-order chi connectivity index (χ1) is 23.2. The van der Waals surface area contributed by atoms with Gasteiger partial charge in [0.05, 0.1) is 0 Å². The van der Waals surface area contributed by atoms with E-state index in [0.717, 1.165) is 29.2 Å². The molecule has 0 radical (unpaired) electrons. The Bertz CT molecular complexity index is 1620. The summed E-state index contributed by atoms with van der Waals surface area (Å²) in [6, 6.07) is 18.1. The van der Waals surface area contributed by atoms with E-state index in [9.17, 15) is 0 Å². The summed E-state index contributed by atoms with van der Waals surface area (Å²) in [6.07, 6.45) is 14.8. The Hall–Kier alpha value is -4.01. The Kier molecular flexibility index (Phi) is 17.4. The van der Waals surface area contributed by atoms with Crippen molar-refractivity contribution < 1.29 is 0 Å². The molecule has 0 unspecified atom stereocenters. The maximum absolute atomic E-state index is 7.21. The van der Waals surface area contributed by atoms with E-state index in [-0.39, 0.29) is 10.8 Å². The minimum atomic E-state index is -0.265. The molecule has 0 saturated carbocycles. The molecule has 0 aromatic heterocycles. The second-order valence-corrected chi connectivity index (χ2v) is 13.4. The van der Waals surface area contributed by atoms with Crippen LogP contribution in [0.3, 0.4) is 0 Å². The molecule has 0 saturated heterocycles. The second-order valence-electron chi connectivity index (χ2n) is 13.1. The third-order valence-electron chi connectivity index (χ3n) is 8.98. The standard InChI is InChI=1S/C38H49ClN2.C6H8.C2H6/c1-13-18-27(6)41(16-4)34-22-21-31(23-26(34)5)37(7,8)29-19-17-20-30(25-29)38(9,10)33-24-28(14-2)36(40(11)12)32(15-3)35(33)39;1-3-5-6-4-2;1-2/h13,16-25H,4,6,14-15H2,1-3,5,7-12H3;3-6H,1-2H2;1-2H3/b18-13-;6-5-;. The first kappa shape index (κ1) is 43.0. The first-order valence-electron chi connectivity index (χ1n) is 17.5. The summed E-state index contributed by atoms with van der Waals surface area (Å²) in [5.74, 6) is 0. The molecule has 3 aromatic rings. The molecule has 0 aliphatic carbocycles. The minimum Gasteiger partial charge on any atom is -0.377 e. The Balaban J connectivity index is 0.00000135. The van der Waals surface area contributed by atoms with Crippen molar-refractivity contribution in [2.75, 3.05) is 23.9 Å². The van der Waals surface area contributed by atoms with E-state index in [0.29, 0.717) is 0 Å². The van der Waals surface area contributed by atoms with Crippen molar-refractivity contribution in [1.29, 1.82) is 0 Å². The van der Waals surface area contributed by atoms with Gasteiger partial charge in [0.1, 0.15) is 0 Å². The number of benzene rings is 3. The fraction of sp³-hybridized carbons (Fsp3) is 0.348. The summed E-state index contributed by atoms with van der Waals surface area (Å²) >= 11 is 7.21. The zero-order chi connectivity index (χ0) is 37.5. The van der Waals surface area contributed by atoms with Crippen molar-refractivity contribution in [2.45, 2.75) is 92.9 Å². The number of allylic oxidation sites excluding steroid dienone is 6. The highest BCUT2D eigenvalue weighted by molar-refractivity contribution is 6.32. The summed E-state index contributed by atoms with van der Waals surface area (Å²) in [5, 5.41) is 0.889. The van der Waals surface area contributed by atoms with Gasteiger partial charge in [-0.3, -0.25) is 0 Å². The summed E-state index contributed by atoms with van der Waals surface area (Å²) in [5.41, 5.74) is 11.5. The van der Waals surface area contributed by atoms with Gasteiger partial charge in [0.2, 0.25) is 0 Å². The number of hydrogen-bond donors (Lipinski definition) is 0. The zero-order valence-electron chi connectivity index (χ0n) is 32.7. The molecule has 0 spiro atoms. The minimum absolute atomic E-state index is 0.198. The lowest BCUT2D eigenvalue weighted by atomic mass is 9.72. The summed E-state index contributed by atoms with van der Waals surface area (Å²) in [4.78, 5) is 4.25. The molecule has 0 fully saturated rings. The molecule has 3 aromatic carbocycles. The van der Waals surface area contributed by atoms with Crippen LogP contribution in [0.2, 0.25) is 5.02 Å². The van der Waals surface area contributed by atoms with Crippen LogP contribution in [-0.4, -0.2) is 14.1 Å². The zero-order valence-corrected chi connectivity index (χ0v) is 33.4.